The number of ether oxygens (including phenoxy) is 1. The Labute approximate surface area is 106 Å². The lowest BCUT2D eigenvalue weighted by atomic mass is 10.2. The largest absolute Gasteiger partial charge is 0.379 e. The number of nitrogens with one attached hydrogen (secondary N) is 1. The van der Waals surface area contributed by atoms with Crippen LogP contribution in [0.4, 0.5) is 0 Å². The second-order valence-electron chi connectivity index (χ2n) is 3.95. The van der Waals surface area contributed by atoms with Crippen LogP contribution in [-0.4, -0.2) is 35.6 Å². The molecule has 0 radical (unpaired) electrons. The Bertz CT molecular complexity index is 354. The number of nitrogens with zero attached hydrogens (tertiary/aromatic N) is 2. The van der Waals surface area contributed by atoms with Gasteiger partial charge in [0, 0.05) is 13.2 Å². The minimum atomic E-state index is -0.276. The minimum Gasteiger partial charge on any atom is -0.379 e. The highest BCUT2D eigenvalue weighted by molar-refractivity contribution is 6.29. The molecule has 0 aromatic carbocycles. The zero-order valence-corrected chi connectivity index (χ0v) is 10.7. The van der Waals surface area contributed by atoms with Gasteiger partial charge in [-0.05, 0) is 5.92 Å². The van der Waals surface area contributed by atoms with Gasteiger partial charge in [-0.15, -0.1) is 0 Å². The fourth-order valence-electron chi connectivity index (χ4n) is 1.08. The third-order valence-corrected chi connectivity index (χ3v) is 2.03. The first-order valence-electron chi connectivity index (χ1n) is 5.43. The maximum absolute atomic E-state index is 11.5. The van der Waals surface area contributed by atoms with E-state index in [-0.39, 0.29) is 16.8 Å². The average molecular weight is 258 g/mol. The fraction of sp³-hybridized carbons (Fsp3) is 0.545. The van der Waals surface area contributed by atoms with Gasteiger partial charge in [0.05, 0.1) is 19.0 Å². The number of aromatic nitrogens is 2. The maximum atomic E-state index is 11.5. The molecule has 0 bridgehead atoms. The second-order valence-corrected chi connectivity index (χ2v) is 4.34. The van der Waals surface area contributed by atoms with Crippen molar-refractivity contribution in [3.8, 4) is 0 Å². The van der Waals surface area contributed by atoms with Gasteiger partial charge >= 0.3 is 0 Å². The van der Waals surface area contributed by atoms with Crippen molar-refractivity contribution in [3.63, 3.8) is 0 Å². The Kier molecular flexibility index (Phi) is 5.86. The van der Waals surface area contributed by atoms with Crippen LogP contribution >= 0.6 is 11.6 Å². The van der Waals surface area contributed by atoms with Crippen molar-refractivity contribution in [1.82, 2.24) is 15.3 Å². The number of rotatable bonds is 6. The topological polar surface area (TPSA) is 64.1 Å². The summed E-state index contributed by atoms with van der Waals surface area (Å²) in [5.41, 5.74) is 0.248. The summed E-state index contributed by atoms with van der Waals surface area (Å²) in [5.74, 6) is 0.218. The van der Waals surface area contributed by atoms with E-state index in [0.29, 0.717) is 25.7 Å². The van der Waals surface area contributed by atoms with E-state index >= 15 is 0 Å². The van der Waals surface area contributed by atoms with Crippen molar-refractivity contribution < 1.29 is 9.53 Å². The molecule has 0 aliphatic heterocycles. The Morgan fingerprint density at radius 3 is 2.82 bits per heavy atom. The van der Waals surface area contributed by atoms with Crippen molar-refractivity contribution in [3.05, 3.63) is 23.2 Å². The number of hydrogen-bond donors (Lipinski definition) is 1. The Morgan fingerprint density at radius 2 is 2.24 bits per heavy atom. The van der Waals surface area contributed by atoms with Crippen LogP contribution in [0.1, 0.15) is 24.3 Å². The lowest BCUT2D eigenvalue weighted by Gasteiger charge is -2.07. The first-order chi connectivity index (χ1) is 8.09. The zero-order valence-electron chi connectivity index (χ0n) is 9.94. The molecule has 1 heterocycles. The summed E-state index contributed by atoms with van der Waals surface area (Å²) in [7, 11) is 0. The summed E-state index contributed by atoms with van der Waals surface area (Å²) in [6, 6.07) is 0. The van der Waals surface area contributed by atoms with Crippen molar-refractivity contribution in [2.45, 2.75) is 13.8 Å². The Hall–Kier alpha value is -1.20. The van der Waals surface area contributed by atoms with Crippen LogP contribution in [0.25, 0.3) is 0 Å². The molecule has 0 fully saturated rings. The zero-order chi connectivity index (χ0) is 12.7. The van der Waals surface area contributed by atoms with Gasteiger partial charge in [-0.2, -0.15) is 0 Å². The van der Waals surface area contributed by atoms with Crippen LogP contribution in [0.5, 0.6) is 0 Å². The van der Waals surface area contributed by atoms with E-state index < -0.39 is 0 Å². The molecule has 1 aromatic rings. The molecule has 0 aliphatic rings. The first kappa shape index (κ1) is 13.9. The van der Waals surface area contributed by atoms with E-state index in [4.69, 9.17) is 16.3 Å². The summed E-state index contributed by atoms with van der Waals surface area (Å²) >= 11 is 5.57. The highest BCUT2D eigenvalue weighted by atomic mass is 35.5. The summed E-state index contributed by atoms with van der Waals surface area (Å²) in [4.78, 5) is 19.2. The third-order valence-electron chi connectivity index (χ3n) is 1.84. The first-order valence-corrected chi connectivity index (χ1v) is 5.81. The molecule has 0 saturated heterocycles. The van der Waals surface area contributed by atoms with Crippen molar-refractivity contribution in [2.75, 3.05) is 19.8 Å². The minimum absolute atomic E-state index is 0.248. The van der Waals surface area contributed by atoms with Crippen LogP contribution in [0, 0.1) is 5.92 Å². The molecule has 1 amide bonds. The van der Waals surface area contributed by atoms with Gasteiger partial charge < -0.3 is 10.1 Å². The number of carbonyl (C=O) groups excluding carboxylic acids is 1. The standard InChI is InChI=1S/C11H16ClN3O2/c1-8(2)7-17-4-3-13-11(16)9-5-15-10(12)6-14-9/h5-6,8H,3-4,7H2,1-2H3,(H,13,16). The fourth-order valence-corrected chi connectivity index (χ4v) is 1.17. The molecular formula is C11H16ClN3O2. The van der Waals surface area contributed by atoms with Gasteiger partial charge in [-0.3, -0.25) is 4.79 Å². The second kappa shape index (κ2) is 7.19. The van der Waals surface area contributed by atoms with Crippen LogP contribution < -0.4 is 5.32 Å². The molecule has 0 aliphatic carbocycles. The molecule has 6 heteroatoms. The Morgan fingerprint density at radius 1 is 1.47 bits per heavy atom. The van der Waals surface area contributed by atoms with Gasteiger partial charge in [0.2, 0.25) is 0 Å². The van der Waals surface area contributed by atoms with E-state index in [1.807, 2.05) is 0 Å². The molecule has 0 unspecified atom stereocenters. The number of amides is 1. The third kappa shape index (κ3) is 5.60. The quantitative estimate of drug-likeness (QED) is 0.785. The summed E-state index contributed by atoms with van der Waals surface area (Å²) in [5, 5.41) is 2.95. The number of carbonyl (C=O) groups is 1. The summed E-state index contributed by atoms with van der Waals surface area (Å²) in [6.07, 6.45) is 2.68. The average Bonchev–Trinajstić information content (AvgIpc) is 2.29. The van der Waals surface area contributed by atoms with Gasteiger partial charge in [-0.25, -0.2) is 9.97 Å². The maximum Gasteiger partial charge on any atom is 0.271 e. The highest BCUT2D eigenvalue weighted by Crippen LogP contribution is 2.00. The number of halogens is 1. The van der Waals surface area contributed by atoms with Crippen LogP contribution in [0.2, 0.25) is 5.15 Å². The molecule has 0 spiro atoms. The van der Waals surface area contributed by atoms with Crippen molar-refractivity contribution in [1.29, 1.82) is 0 Å². The Balaban J connectivity index is 2.23. The molecule has 94 valence electrons. The summed E-state index contributed by atoms with van der Waals surface area (Å²) < 4.78 is 5.33. The highest BCUT2D eigenvalue weighted by Gasteiger charge is 2.06. The smallest absolute Gasteiger partial charge is 0.271 e. The summed E-state index contributed by atoms with van der Waals surface area (Å²) in [6.45, 7) is 5.78. The van der Waals surface area contributed by atoms with Crippen LogP contribution in [0.3, 0.4) is 0 Å². The van der Waals surface area contributed by atoms with Gasteiger partial charge in [0.1, 0.15) is 10.8 Å². The molecule has 1 aromatic heterocycles. The SMILES string of the molecule is CC(C)COCCNC(=O)c1cnc(Cl)cn1. The monoisotopic (exact) mass is 257 g/mol. The van der Waals surface area contributed by atoms with E-state index in [0.717, 1.165) is 0 Å². The van der Waals surface area contributed by atoms with Crippen molar-refractivity contribution >= 4 is 17.5 Å². The predicted molar refractivity (Wildman–Crippen MR) is 65.0 cm³/mol. The molecule has 17 heavy (non-hydrogen) atoms. The van der Waals surface area contributed by atoms with E-state index in [9.17, 15) is 4.79 Å². The van der Waals surface area contributed by atoms with Crippen LogP contribution in [0.15, 0.2) is 12.4 Å². The van der Waals surface area contributed by atoms with E-state index in [2.05, 4.69) is 29.1 Å². The molecule has 0 atom stereocenters. The normalized spacial score (nSPS) is 10.6. The molecule has 1 rings (SSSR count). The van der Waals surface area contributed by atoms with E-state index in [1.165, 1.54) is 12.4 Å². The van der Waals surface area contributed by atoms with Gasteiger partial charge in [0.25, 0.3) is 5.91 Å². The van der Waals surface area contributed by atoms with Crippen molar-refractivity contribution in [2.24, 2.45) is 5.92 Å². The molecule has 1 N–H and O–H groups in total. The molecule has 5 nitrogen and oxygen atoms in total. The lowest BCUT2D eigenvalue weighted by molar-refractivity contribution is 0.0882. The van der Waals surface area contributed by atoms with Crippen LogP contribution in [-0.2, 0) is 4.74 Å². The van der Waals surface area contributed by atoms with E-state index in [1.54, 1.807) is 0 Å². The molecule has 0 saturated carbocycles. The van der Waals surface area contributed by atoms with Gasteiger partial charge in [-0.1, -0.05) is 25.4 Å². The molecular weight excluding hydrogens is 242 g/mol. The predicted octanol–water partition coefficient (Wildman–Crippen LogP) is 1.53. The van der Waals surface area contributed by atoms with Gasteiger partial charge in [0.15, 0.2) is 0 Å². The number of hydrogen-bond acceptors (Lipinski definition) is 4. The lowest BCUT2D eigenvalue weighted by Crippen LogP contribution is -2.28.